The molecule has 7 nitrogen and oxygen atoms in total. The first-order valence-corrected chi connectivity index (χ1v) is 6.38. The van der Waals surface area contributed by atoms with Gasteiger partial charge >= 0.3 is 5.91 Å². The molecule has 0 aliphatic heterocycles. The number of aromatic nitrogens is 3. The van der Waals surface area contributed by atoms with Crippen molar-refractivity contribution in [2.75, 3.05) is 5.73 Å². The molecule has 0 radical (unpaired) electrons. The second kappa shape index (κ2) is 6.62. The van der Waals surface area contributed by atoms with Crippen molar-refractivity contribution in [2.45, 2.75) is 0 Å². The number of hydrogen-bond donors (Lipinski definition) is 3. The van der Waals surface area contributed by atoms with Crippen LogP contribution < -0.4 is 11.2 Å². The van der Waals surface area contributed by atoms with E-state index in [2.05, 4.69) is 41.6 Å². The Morgan fingerprint density at radius 2 is 2.15 bits per heavy atom. The lowest BCUT2D eigenvalue weighted by Crippen LogP contribution is -2.18. The van der Waals surface area contributed by atoms with Gasteiger partial charge in [0, 0.05) is 10.7 Å². The molecule has 0 aliphatic carbocycles. The Balaban J connectivity index is 1.92. The molecule has 102 valence electrons. The van der Waals surface area contributed by atoms with E-state index in [0.29, 0.717) is 0 Å². The summed E-state index contributed by atoms with van der Waals surface area (Å²) in [5.41, 5.74) is 8.59. The van der Waals surface area contributed by atoms with E-state index in [0.717, 1.165) is 10.0 Å². The fourth-order valence-electron chi connectivity index (χ4n) is 1.32. The van der Waals surface area contributed by atoms with Crippen LogP contribution in [0.1, 0.15) is 16.2 Å². The number of rotatable bonds is 4. The summed E-state index contributed by atoms with van der Waals surface area (Å²) >= 11 is 3.41. The number of benzene rings is 1. The van der Waals surface area contributed by atoms with Crippen molar-refractivity contribution >= 4 is 38.5 Å². The average Bonchev–Trinajstić information content (AvgIpc) is 2.91. The normalized spacial score (nSPS) is 11.8. The van der Waals surface area contributed by atoms with Crippen molar-refractivity contribution < 1.29 is 4.79 Å². The minimum atomic E-state index is -0.519. The van der Waals surface area contributed by atoms with E-state index in [9.17, 15) is 4.79 Å². The van der Waals surface area contributed by atoms with Gasteiger partial charge in [-0.25, -0.2) is 5.43 Å². The number of amides is 1. The number of anilines is 1. The number of hydrogen-bond acceptors (Lipinski definition) is 5. The molecular formula is C12H11BrN6O. The summed E-state index contributed by atoms with van der Waals surface area (Å²) < 4.78 is 0.847. The molecule has 0 aliphatic rings. The molecule has 0 bridgehead atoms. The van der Waals surface area contributed by atoms with Crippen LogP contribution in [0.3, 0.4) is 0 Å². The molecule has 1 heterocycles. The van der Waals surface area contributed by atoms with Crippen LogP contribution in [0.25, 0.3) is 4.48 Å². The van der Waals surface area contributed by atoms with E-state index >= 15 is 0 Å². The topological polar surface area (TPSA) is 109 Å². The predicted octanol–water partition coefficient (Wildman–Crippen LogP) is 1.54. The van der Waals surface area contributed by atoms with Crippen LogP contribution in [0, 0.1) is 0 Å². The summed E-state index contributed by atoms with van der Waals surface area (Å²) in [7, 11) is 0. The Hall–Kier alpha value is -2.48. The lowest BCUT2D eigenvalue weighted by Gasteiger charge is -1.96. The van der Waals surface area contributed by atoms with Crippen molar-refractivity contribution in [2.24, 2.45) is 5.10 Å². The van der Waals surface area contributed by atoms with Gasteiger partial charge in [0.1, 0.15) is 0 Å². The standard InChI is InChI=1S/C12H11BrN6O/c13-9(8-4-2-1-3-5-8)6-7-15-18-11(20)10-16-12(14)19-17-10/h1-7H,(H,18,20)(H3,14,16,17,19). The van der Waals surface area contributed by atoms with Crippen LogP contribution in [-0.4, -0.2) is 27.3 Å². The molecule has 4 N–H and O–H groups in total. The van der Waals surface area contributed by atoms with Crippen LogP contribution in [0.15, 0.2) is 41.5 Å². The Morgan fingerprint density at radius 3 is 2.80 bits per heavy atom. The summed E-state index contributed by atoms with van der Waals surface area (Å²) in [4.78, 5) is 15.2. The monoisotopic (exact) mass is 334 g/mol. The third-order valence-electron chi connectivity index (χ3n) is 2.23. The first-order valence-electron chi connectivity index (χ1n) is 5.59. The maximum atomic E-state index is 11.5. The van der Waals surface area contributed by atoms with Gasteiger partial charge in [0.05, 0.1) is 0 Å². The Bertz CT molecular complexity index is 649. The van der Waals surface area contributed by atoms with E-state index in [1.165, 1.54) is 6.21 Å². The van der Waals surface area contributed by atoms with Gasteiger partial charge in [-0.1, -0.05) is 46.3 Å². The number of nitrogens with one attached hydrogen (secondary N) is 2. The molecule has 1 aromatic carbocycles. The third-order valence-corrected chi connectivity index (χ3v) is 2.95. The molecule has 8 heteroatoms. The van der Waals surface area contributed by atoms with Gasteiger partial charge in [-0.05, 0) is 11.6 Å². The Labute approximate surface area is 123 Å². The first-order chi connectivity index (χ1) is 9.66. The Morgan fingerprint density at radius 1 is 1.40 bits per heavy atom. The molecule has 0 unspecified atom stereocenters. The largest absolute Gasteiger partial charge is 0.366 e. The molecule has 20 heavy (non-hydrogen) atoms. The average molecular weight is 335 g/mol. The smallest absolute Gasteiger partial charge is 0.308 e. The number of carbonyl (C=O) groups excluding carboxylic acids is 1. The van der Waals surface area contributed by atoms with Crippen LogP contribution in [0.2, 0.25) is 0 Å². The van der Waals surface area contributed by atoms with Crippen molar-refractivity contribution in [3.63, 3.8) is 0 Å². The van der Waals surface area contributed by atoms with Gasteiger partial charge < -0.3 is 5.73 Å². The number of hydrazone groups is 1. The highest BCUT2D eigenvalue weighted by Crippen LogP contribution is 2.19. The lowest BCUT2D eigenvalue weighted by atomic mass is 10.2. The van der Waals surface area contributed by atoms with Crippen LogP contribution in [0.5, 0.6) is 0 Å². The zero-order valence-corrected chi connectivity index (χ0v) is 11.8. The zero-order valence-electron chi connectivity index (χ0n) is 10.2. The highest BCUT2D eigenvalue weighted by atomic mass is 79.9. The molecule has 0 saturated heterocycles. The minimum Gasteiger partial charge on any atom is -0.366 e. The number of carbonyl (C=O) groups is 1. The summed E-state index contributed by atoms with van der Waals surface area (Å²) in [5.74, 6) is -0.508. The molecule has 0 spiro atoms. The van der Waals surface area contributed by atoms with E-state index in [1.807, 2.05) is 30.3 Å². The number of halogens is 1. The van der Waals surface area contributed by atoms with Gasteiger partial charge in [-0.15, -0.1) is 5.10 Å². The fraction of sp³-hybridized carbons (Fsp3) is 0. The highest BCUT2D eigenvalue weighted by Gasteiger charge is 2.08. The summed E-state index contributed by atoms with van der Waals surface area (Å²) in [6, 6.07) is 9.69. The highest BCUT2D eigenvalue weighted by molar-refractivity contribution is 9.15. The van der Waals surface area contributed by atoms with Gasteiger partial charge in [0.15, 0.2) is 0 Å². The molecule has 1 aromatic heterocycles. The molecule has 0 fully saturated rings. The van der Waals surface area contributed by atoms with Crippen molar-refractivity contribution in [3.8, 4) is 0 Å². The first kappa shape index (κ1) is 13.9. The molecular weight excluding hydrogens is 324 g/mol. The number of nitrogen functional groups attached to an aromatic ring is 1. The summed E-state index contributed by atoms with van der Waals surface area (Å²) in [5, 5.41) is 9.69. The van der Waals surface area contributed by atoms with E-state index < -0.39 is 5.91 Å². The van der Waals surface area contributed by atoms with Gasteiger partial charge in [-0.2, -0.15) is 10.1 Å². The maximum absolute atomic E-state index is 11.5. The molecule has 1 amide bonds. The Kier molecular flexibility index (Phi) is 4.61. The number of allylic oxidation sites excluding steroid dienone is 1. The second-order valence-electron chi connectivity index (χ2n) is 3.64. The van der Waals surface area contributed by atoms with E-state index in [-0.39, 0.29) is 11.8 Å². The molecule has 2 rings (SSSR count). The van der Waals surface area contributed by atoms with Crippen molar-refractivity contribution in [3.05, 3.63) is 47.8 Å². The zero-order chi connectivity index (χ0) is 14.4. The maximum Gasteiger partial charge on any atom is 0.308 e. The van der Waals surface area contributed by atoms with E-state index in [1.54, 1.807) is 6.08 Å². The number of nitrogens with zero attached hydrogens (tertiary/aromatic N) is 3. The summed E-state index contributed by atoms with van der Waals surface area (Å²) in [6.45, 7) is 0. The van der Waals surface area contributed by atoms with Gasteiger partial charge in [-0.3, -0.25) is 9.89 Å². The van der Waals surface area contributed by atoms with Crippen molar-refractivity contribution in [1.82, 2.24) is 20.6 Å². The van der Waals surface area contributed by atoms with Gasteiger partial charge in [0.2, 0.25) is 11.8 Å². The van der Waals surface area contributed by atoms with Crippen LogP contribution in [-0.2, 0) is 0 Å². The predicted molar refractivity (Wildman–Crippen MR) is 80.1 cm³/mol. The lowest BCUT2D eigenvalue weighted by molar-refractivity contribution is 0.0945. The SMILES string of the molecule is Nc1n[nH]c(C(=O)NN=CC=C(Br)c2ccccc2)n1. The quantitative estimate of drug-likeness (QED) is 0.581. The van der Waals surface area contributed by atoms with E-state index in [4.69, 9.17) is 5.73 Å². The second-order valence-corrected chi connectivity index (χ2v) is 4.50. The fourth-order valence-corrected chi connectivity index (χ4v) is 1.70. The number of aromatic amines is 1. The van der Waals surface area contributed by atoms with Crippen molar-refractivity contribution in [1.29, 1.82) is 0 Å². The number of nitrogens with two attached hydrogens (primary N) is 1. The van der Waals surface area contributed by atoms with Crippen LogP contribution >= 0.6 is 15.9 Å². The molecule has 0 atom stereocenters. The number of H-pyrrole nitrogens is 1. The minimum absolute atomic E-state index is 0.00533. The summed E-state index contributed by atoms with van der Waals surface area (Å²) in [6.07, 6.45) is 3.17. The molecule has 2 aromatic rings. The molecule has 0 saturated carbocycles. The van der Waals surface area contributed by atoms with Gasteiger partial charge in [0.25, 0.3) is 0 Å². The third kappa shape index (κ3) is 3.75. The van der Waals surface area contributed by atoms with Crippen LogP contribution in [0.4, 0.5) is 5.95 Å².